The first-order chi connectivity index (χ1) is 19.8. The summed E-state index contributed by atoms with van der Waals surface area (Å²) in [6.45, 7) is 0.621. The molecule has 4 aliphatic rings. The summed E-state index contributed by atoms with van der Waals surface area (Å²) in [6, 6.07) is 29.9. The number of para-hydroxylation sites is 3. The van der Waals surface area contributed by atoms with Crippen LogP contribution in [0.4, 0.5) is 17.1 Å². The molecule has 0 spiro atoms. The highest BCUT2D eigenvalue weighted by atomic mass is 15.3. The standard InChI is InChI=1S/C36H34N4/c37-23-26-22-29(25-38-24-26)27-18-20-28(21-19-27)31-12-4-5-13-32(31)40-35-16-8-6-14-33(35)39(30-10-2-1-3-11-30)34-15-7-9-17-36(34)40/h2,4-10,12-21,25-26,29-30,33,35H,1,3,11,22,24H2/t26?,29-,30?,33+,35?/m1/s1. The summed E-state index contributed by atoms with van der Waals surface area (Å²) in [5.41, 5.74) is 7.43. The number of nitriles is 1. The van der Waals surface area contributed by atoms with Crippen LogP contribution in [0.15, 0.2) is 114 Å². The van der Waals surface area contributed by atoms with Crippen LogP contribution in [0.1, 0.15) is 37.2 Å². The van der Waals surface area contributed by atoms with Crippen LogP contribution in [0, 0.1) is 17.2 Å². The first-order valence-electron chi connectivity index (χ1n) is 14.6. The Kier molecular flexibility index (Phi) is 6.57. The first kappa shape index (κ1) is 24.7. The van der Waals surface area contributed by atoms with Gasteiger partial charge < -0.3 is 9.80 Å². The summed E-state index contributed by atoms with van der Waals surface area (Å²) >= 11 is 0. The second-order valence-electron chi connectivity index (χ2n) is 11.3. The number of hydrogen-bond acceptors (Lipinski definition) is 4. The number of allylic oxidation sites excluding steroid dienone is 3. The number of aliphatic imine (C=N–C) groups is 1. The molecule has 0 saturated carbocycles. The van der Waals surface area contributed by atoms with Gasteiger partial charge in [0.25, 0.3) is 0 Å². The van der Waals surface area contributed by atoms with Gasteiger partial charge in [0.05, 0.1) is 42.0 Å². The molecule has 0 bridgehead atoms. The fourth-order valence-corrected chi connectivity index (χ4v) is 6.91. The molecule has 2 heterocycles. The molecular weight excluding hydrogens is 488 g/mol. The lowest BCUT2D eigenvalue weighted by molar-refractivity contribution is 0.508. The summed E-state index contributed by atoms with van der Waals surface area (Å²) in [6.07, 6.45) is 20.4. The van der Waals surface area contributed by atoms with Gasteiger partial charge in [0.2, 0.25) is 0 Å². The highest BCUT2D eigenvalue weighted by molar-refractivity contribution is 5.89. The summed E-state index contributed by atoms with van der Waals surface area (Å²) in [5, 5.41) is 9.40. The molecule has 0 N–H and O–H groups in total. The van der Waals surface area contributed by atoms with Crippen LogP contribution in [0.3, 0.4) is 0 Å². The number of benzene rings is 3. The van der Waals surface area contributed by atoms with Gasteiger partial charge in [-0.05, 0) is 55.0 Å². The molecule has 2 aliphatic heterocycles. The third-order valence-corrected chi connectivity index (χ3v) is 8.85. The molecule has 7 rings (SSSR count). The van der Waals surface area contributed by atoms with Crippen molar-refractivity contribution in [3.8, 4) is 17.2 Å². The van der Waals surface area contributed by atoms with E-state index >= 15 is 0 Å². The average molecular weight is 523 g/mol. The van der Waals surface area contributed by atoms with E-state index in [4.69, 9.17) is 0 Å². The molecule has 5 atom stereocenters. The number of anilines is 3. The molecule has 3 unspecified atom stereocenters. The monoisotopic (exact) mass is 522 g/mol. The van der Waals surface area contributed by atoms with Crippen molar-refractivity contribution < 1.29 is 0 Å². The van der Waals surface area contributed by atoms with E-state index in [-0.39, 0.29) is 23.9 Å². The Morgan fingerprint density at radius 3 is 2.33 bits per heavy atom. The molecule has 0 radical (unpaired) electrons. The fourth-order valence-electron chi connectivity index (χ4n) is 6.91. The van der Waals surface area contributed by atoms with E-state index in [0.717, 1.165) is 6.42 Å². The van der Waals surface area contributed by atoms with Crippen LogP contribution >= 0.6 is 0 Å². The maximum atomic E-state index is 9.40. The zero-order valence-electron chi connectivity index (χ0n) is 22.7. The molecule has 198 valence electrons. The molecule has 3 aromatic carbocycles. The Morgan fingerprint density at radius 2 is 1.55 bits per heavy atom. The number of nitrogens with zero attached hydrogens (tertiary/aromatic N) is 4. The Bertz CT molecular complexity index is 1540. The van der Waals surface area contributed by atoms with E-state index in [2.05, 4.69) is 130 Å². The third-order valence-electron chi connectivity index (χ3n) is 8.85. The topological polar surface area (TPSA) is 42.6 Å². The van der Waals surface area contributed by atoms with Crippen LogP contribution in [0.25, 0.3) is 11.1 Å². The van der Waals surface area contributed by atoms with E-state index in [1.807, 2.05) is 6.21 Å². The van der Waals surface area contributed by atoms with Gasteiger partial charge in [0.15, 0.2) is 0 Å². The van der Waals surface area contributed by atoms with Crippen LogP contribution in [-0.4, -0.2) is 30.9 Å². The maximum absolute atomic E-state index is 9.40. The zero-order chi connectivity index (χ0) is 26.9. The number of rotatable bonds is 4. The highest BCUT2D eigenvalue weighted by Gasteiger charge is 2.41. The van der Waals surface area contributed by atoms with Crippen molar-refractivity contribution in [2.45, 2.75) is 49.7 Å². The van der Waals surface area contributed by atoms with Gasteiger partial charge in [-0.25, -0.2) is 0 Å². The molecule has 4 nitrogen and oxygen atoms in total. The predicted molar refractivity (Wildman–Crippen MR) is 165 cm³/mol. The molecule has 2 aliphatic carbocycles. The first-order valence-corrected chi connectivity index (χ1v) is 14.6. The van der Waals surface area contributed by atoms with E-state index in [1.165, 1.54) is 53.0 Å². The van der Waals surface area contributed by atoms with Gasteiger partial charge >= 0.3 is 0 Å². The lowest BCUT2D eigenvalue weighted by Crippen LogP contribution is -2.57. The largest absolute Gasteiger partial charge is 0.355 e. The minimum atomic E-state index is 0.00350. The summed E-state index contributed by atoms with van der Waals surface area (Å²) in [7, 11) is 0. The molecular formula is C36H34N4. The lowest BCUT2D eigenvalue weighted by Gasteiger charge is -2.52. The highest BCUT2D eigenvalue weighted by Crippen LogP contribution is 2.48. The number of hydrogen-bond donors (Lipinski definition) is 0. The van der Waals surface area contributed by atoms with Gasteiger partial charge in [0.1, 0.15) is 0 Å². The van der Waals surface area contributed by atoms with E-state index in [0.29, 0.717) is 12.6 Å². The Labute approximate surface area is 237 Å². The summed E-state index contributed by atoms with van der Waals surface area (Å²) in [5.74, 6) is 0.209. The smallest absolute Gasteiger partial charge is 0.0766 e. The quantitative estimate of drug-likeness (QED) is 0.326. The summed E-state index contributed by atoms with van der Waals surface area (Å²) in [4.78, 5) is 9.68. The number of fused-ring (bicyclic) bond motifs is 2. The Balaban J connectivity index is 1.29. The van der Waals surface area contributed by atoms with Gasteiger partial charge in [-0.15, -0.1) is 0 Å². The second kappa shape index (κ2) is 10.7. The minimum Gasteiger partial charge on any atom is -0.355 e. The van der Waals surface area contributed by atoms with Crippen molar-refractivity contribution >= 4 is 23.3 Å². The summed E-state index contributed by atoms with van der Waals surface area (Å²) < 4.78 is 0. The molecule has 40 heavy (non-hydrogen) atoms. The van der Waals surface area contributed by atoms with Crippen LogP contribution in [-0.2, 0) is 0 Å². The maximum Gasteiger partial charge on any atom is 0.0766 e. The van der Waals surface area contributed by atoms with Crippen molar-refractivity contribution in [2.75, 3.05) is 16.3 Å². The fraction of sp³-hybridized carbons (Fsp3) is 0.278. The van der Waals surface area contributed by atoms with E-state index in [9.17, 15) is 5.26 Å². The normalized spacial score (nSPS) is 26.7. The second-order valence-corrected chi connectivity index (χ2v) is 11.3. The van der Waals surface area contributed by atoms with Gasteiger partial charge in [-0.2, -0.15) is 5.26 Å². The third kappa shape index (κ3) is 4.36. The molecule has 3 aromatic rings. The van der Waals surface area contributed by atoms with Gasteiger partial charge in [-0.1, -0.05) is 91.1 Å². The van der Waals surface area contributed by atoms with Gasteiger partial charge in [-0.3, -0.25) is 4.99 Å². The van der Waals surface area contributed by atoms with Crippen molar-refractivity contribution in [2.24, 2.45) is 10.9 Å². The molecule has 0 aromatic heterocycles. The predicted octanol–water partition coefficient (Wildman–Crippen LogP) is 7.98. The van der Waals surface area contributed by atoms with Crippen molar-refractivity contribution in [3.63, 3.8) is 0 Å². The van der Waals surface area contributed by atoms with Crippen LogP contribution < -0.4 is 9.80 Å². The minimum absolute atomic E-state index is 0.00350. The van der Waals surface area contributed by atoms with E-state index in [1.54, 1.807) is 0 Å². The molecule has 0 amide bonds. The molecule has 0 saturated heterocycles. The average Bonchev–Trinajstić information content (AvgIpc) is 3.04. The van der Waals surface area contributed by atoms with Gasteiger partial charge in [0, 0.05) is 29.4 Å². The van der Waals surface area contributed by atoms with Crippen molar-refractivity contribution in [3.05, 3.63) is 115 Å². The Hall–Kier alpha value is -4.36. The molecule has 0 fully saturated rings. The van der Waals surface area contributed by atoms with Crippen molar-refractivity contribution in [1.82, 2.24) is 0 Å². The van der Waals surface area contributed by atoms with Crippen LogP contribution in [0.2, 0.25) is 0 Å². The zero-order valence-corrected chi connectivity index (χ0v) is 22.7. The lowest BCUT2D eigenvalue weighted by atomic mass is 9.87. The van der Waals surface area contributed by atoms with Crippen molar-refractivity contribution in [1.29, 1.82) is 5.26 Å². The van der Waals surface area contributed by atoms with Crippen LogP contribution in [0.5, 0.6) is 0 Å². The molecule has 4 heteroatoms. The van der Waals surface area contributed by atoms with E-state index < -0.39 is 0 Å². The Morgan fingerprint density at radius 1 is 0.800 bits per heavy atom. The SMILES string of the molecule is N#CC1CN=C[C@H](c2ccc(-c3ccccc3N3c4ccccc4N(C4C=CCCC4)[C@H]4C=CC=CC43)cc2)C1.